The van der Waals surface area contributed by atoms with Gasteiger partial charge >= 0.3 is 0 Å². The van der Waals surface area contributed by atoms with Crippen LogP contribution in [0.3, 0.4) is 0 Å². The van der Waals surface area contributed by atoms with Crippen molar-refractivity contribution in [3.63, 3.8) is 0 Å². The highest BCUT2D eigenvalue weighted by molar-refractivity contribution is 7.27. The first-order valence-electron chi connectivity index (χ1n) is 19.2. The molecule has 14 heteroatoms. The summed E-state index contributed by atoms with van der Waals surface area (Å²) in [5, 5.41) is 19.3. The van der Waals surface area contributed by atoms with Gasteiger partial charge in [0.25, 0.3) is 0 Å². The van der Waals surface area contributed by atoms with Crippen LogP contribution in [0, 0.1) is 5.92 Å². The first kappa shape index (κ1) is 37.7. The third-order valence-corrected chi connectivity index (χ3v) is 13.2. The Labute approximate surface area is 332 Å². The number of aromatic amines is 1. The first-order valence-corrected chi connectivity index (χ1v) is 20.9. The molecule has 6 heterocycles. The summed E-state index contributed by atoms with van der Waals surface area (Å²) in [5.74, 6) is -0.493. The van der Waals surface area contributed by atoms with Crippen molar-refractivity contribution in [2.45, 2.75) is 77.0 Å². The molecule has 4 N–H and O–H groups in total. The average Bonchev–Trinajstić information content (AvgIpc) is 4.04. The van der Waals surface area contributed by atoms with Gasteiger partial charge in [-0.3, -0.25) is 24.2 Å². The van der Waals surface area contributed by atoms with E-state index in [4.69, 9.17) is 9.98 Å². The van der Waals surface area contributed by atoms with Crippen molar-refractivity contribution >= 4 is 78.0 Å². The van der Waals surface area contributed by atoms with Gasteiger partial charge in [0.2, 0.25) is 23.6 Å². The molecule has 2 unspecified atom stereocenters. The fraction of sp³-hybridized carbons (Fsp3) is 0.381. The number of H-pyrrole nitrogens is 1. The van der Waals surface area contributed by atoms with Crippen molar-refractivity contribution in [2.75, 3.05) is 19.7 Å². The number of carbonyl (C=O) groups excluding carboxylic acids is 4. The predicted octanol–water partition coefficient (Wildman–Crippen LogP) is 6.36. The summed E-state index contributed by atoms with van der Waals surface area (Å²) >= 11 is 3.44. The summed E-state index contributed by atoms with van der Waals surface area (Å²) in [5.41, 5.74) is 7.99. The lowest BCUT2D eigenvalue weighted by atomic mass is 9.99. The molecule has 4 amide bonds. The van der Waals surface area contributed by atoms with Gasteiger partial charge in [0.15, 0.2) is 0 Å². The van der Waals surface area contributed by atoms with Gasteiger partial charge in [-0.2, -0.15) is 0 Å². The van der Waals surface area contributed by atoms with Crippen molar-refractivity contribution in [1.29, 1.82) is 0 Å². The number of likely N-dealkylation sites (tertiary alicyclic amines) is 2. The van der Waals surface area contributed by atoms with Gasteiger partial charge in [-0.15, -0.1) is 22.7 Å². The number of allylic oxidation sites excluding steroid dienone is 1. The van der Waals surface area contributed by atoms with E-state index in [1.807, 2.05) is 61.3 Å². The number of rotatable bonds is 11. The fourth-order valence-corrected chi connectivity index (χ4v) is 10.8. The minimum absolute atomic E-state index is 0.106. The third kappa shape index (κ3) is 7.17. The van der Waals surface area contributed by atoms with E-state index in [-0.39, 0.29) is 35.7 Å². The molecule has 0 spiro atoms. The molecule has 8 rings (SSSR count). The Morgan fingerprint density at radius 3 is 2.32 bits per heavy atom. The Bertz CT molecular complexity index is 2380. The standard InChI is InChI=1S/C42H45N7O5S2/c1-23(2)36(47-35(52)20-50)41(53)49-16-8-12-34(49)40-45-30-14-13-26(17-31(30)46-40)28-21-55-39-29(22-56-38(28)39)27-18-32(43-19-27)33-11-7-15-48(33)42(54)37(44-24(3)51)25-9-5-4-6-10-25/h4-6,9-10,13-14,17,19,21-23,33-34,36-37,50H,7-8,11-12,15-16,18,20H2,1-3H3,(H,44,51)(H,45,46)(H,47,52)/t33?,34?,36-,37-/m1/s1. The van der Waals surface area contributed by atoms with Gasteiger partial charge in [0.05, 0.1) is 32.5 Å². The number of aliphatic imine (C=N–C) groups is 1. The van der Waals surface area contributed by atoms with E-state index in [0.717, 1.165) is 70.5 Å². The summed E-state index contributed by atoms with van der Waals surface area (Å²) in [6, 6.07) is 13.8. The van der Waals surface area contributed by atoms with Gasteiger partial charge in [-0.25, -0.2) is 4.98 Å². The molecular weight excluding hydrogens is 747 g/mol. The smallest absolute Gasteiger partial charge is 0.250 e. The highest BCUT2D eigenvalue weighted by Crippen LogP contribution is 2.45. The monoisotopic (exact) mass is 791 g/mol. The van der Waals surface area contributed by atoms with E-state index in [0.29, 0.717) is 19.5 Å². The van der Waals surface area contributed by atoms with Crippen LogP contribution in [0.25, 0.3) is 37.1 Å². The molecule has 3 aromatic heterocycles. The Hall–Kier alpha value is -5.18. The number of thiophene rings is 2. The predicted molar refractivity (Wildman–Crippen MR) is 220 cm³/mol. The molecule has 0 aliphatic carbocycles. The Kier molecular flexibility index (Phi) is 10.6. The molecule has 2 saturated heterocycles. The van der Waals surface area contributed by atoms with Crippen LogP contribution in [0.15, 0.2) is 70.5 Å². The van der Waals surface area contributed by atoms with Crippen molar-refractivity contribution in [1.82, 2.24) is 30.4 Å². The van der Waals surface area contributed by atoms with Gasteiger partial charge in [-0.1, -0.05) is 50.2 Å². The zero-order valence-corrected chi connectivity index (χ0v) is 33.2. The maximum Gasteiger partial charge on any atom is 0.250 e. The number of carbonyl (C=O) groups is 4. The summed E-state index contributed by atoms with van der Waals surface area (Å²) in [4.78, 5) is 68.7. The SMILES string of the molecule is CC(=O)N[C@@H](C(=O)N1CCCC1C1=NC=C(c2csc3c(-c4ccc5nc(C6CCCN6C(=O)[C@H](NC(=O)CO)C(C)C)[nH]c5c4)csc23)C1)c1ccccc1. The van der Waals surface area contributed by atoms with E-state index in [1.54, 1.807) is 27.6 Å². The van der Waals surface area contributed by atoms with Crippen LogP contribution in [-0.2, 0) is 19.2 Å². The van der Waals surface area contributed by atoms with Crippen LogP contribution < -0.4 is 10.6 Å². The number of benzene rings is 2. The minimum atomic E-state index is -0.741. The number of hydrogen-bond donors (Lipinski definition) is 4. The molecule has 12 nitrogen and oxygen atoms in total. The molecule has 5 aromatic rings. The largest absolute Gasteiger partial charge is 0.387 e. The van der Waals surface area contributed by atoms with Crippen molar-refractivity contribution < 1.29 is 24.3 Å². The number of fused-ring (bicyclic) bond motifs is 2. The number of aliphatic hydroxyl groups excluding tert-OH is 1. The summed E-state index contributed by atoms with van der Waals surface area (Å²) in [7, 11) is 0. The van der Waals surface area contributed by atoms with Crippen molar-refractivity contribution in [2.24, 2.45) is 10.9 Å². The number of amides is 4. The van der Waals surface area contributed by atoms with E-state index >= 15 is 0 Å². The van der Waals surface area contributed by atoms with Crippen molar-refractivity contribution in [3.8, 4) is 11.1 Å². The minimum Gasteiger partial charge on any atom is -0.387 e. The van der Waals surface area contributed by atoms with E-state index < -0.39 is 24.6 Å². The number of hydrogen-bond acceptors (Lipinski definition) is 9. The van der Waals surface area contributed by atoms with Crippen molar-refractivity contribution in [3.05, 3.63) is 82.4 Å². The van der Waals surface area contributed by atoms with E-state index in [9.17, 15) is 24.3 Å². The van der Waals surface area contributed by atoms with Crippen LogP contribution in [-0.4, -0.2) is 86.0 Å². The Morgan fingerprint density at radius 2 is 1.61 bits per heavy atom. The highest BCUT2D eigenvalue weighted by Gasteiger charge is 2.39. The lowest BCUT2D eigenvalue weighted by Crippen LogP contribution is -2.51. The number of aliphatic hydroxyl groups is 1. The summed E-state index contributed by atoms with van der Waals surface area (Å²) < 4.78 is 2.41. The molecule has 56 heavy (non-hydrogen) atoms. The highest BCUT2D eigenvalue weighted by atomic mass is 32.1. The number of nitrogens with one attached hydrogen (secondary N) is 3. The second kappa shape index (κ2) is 15.8. The normalized spacial score (nSPS) is 19.4. The molecule has 3 aliphatic rings. The van der Waals surface area contributed by atoms with Gasteiger partial charge in [0, 0.05) is 60.2 Å². The zero-order valence-electron chi connectivity index (χ0n) is 31.6. The fourth-order valence-electron chi connectivity index (χ4n) is 8.32. The second-order valence-electron chi connectivity index (χ2n) is 15.1. The Balaban J connectivity index is 0.981. The van der Waals surface area contributed by atoms with Crippen LogP contribution in [0.2, 0.25) is 0 Å². The first-order chi connectivity index (χ1) is 27.1. The molecule has 2 fully saturated rings. The van der Waals surface area contributed by atoms with E-state index in [2.05, 4.69) is 38.5 Å². The summed E-state index contributed by atoms with van der Waals surface area (Å²) in [6.45, 7) is 5.75. The lowest BCUT2D eigenvalue weighted by Gasteiger charge is -2.30. The summed E-state index contributed by atoms with van der Waals surface area (Å²) in [6.07, 6.45) is 5.94. The molecule has 290 valence electrons. The number of nitrogens with zero attached hydrogens (tertiary/aromatic N) is 4. The topological polar surface area (TPSA) is 160 Å². The average molecular weight is 792 g/mol. The second-order valence-corrected chi connectivity index (χ2v) is 16.9. The van der Waals surface area contributed by atoms with Crippen LogP contribution in [0.5, 0.6) is 0 Å². The Morgan fingerprint density at radius 1 is 0.911 bits per heavy atom. The van der Waals surface area contributed by atoms with Crippen LogP contribution >= 0.6 is 22.7 Å². The van der Waals surface area contributed by atoms with E-state index in [1.165, 1.54) is 21.9 Å². The van der Waals surface area contributed by atoms with Crippen LogP contribution in [0.1, 0.15) is 81.9 Å². The zero-order chi connectivity index (χ0) is 39.1. The molecular formula is C42H45N7O5S2. The van der Waals surface area contributed by atoms with Crippen LogP contribution in [0.4, 0.5) is 0 Å². The molecule has 0 saturated carbocycles. The third-order valence-electron chi connectivity index (χ3n) is 11.1. The number of aromatic nitrogens is 2. The maximum atomic E-state index is 14.0. The lowest BCUT2D eigenvalue weighted by molar-refractivity contribution is -0.139. The molecule has 4 atom stereocenters. The van der Waals surface area contributed by atoms with Gasteiger partial charge in [0.1, 0.15) is 24.5 Å². The molecule has 0 bridgehead atoms. The molecule has 2 aromatic carbocycles. The number of imidazole rings is 1. The maximum absolute atomic E-state index is 14.0. The quantitative estimate of drug-likeness (QED) is 0.122. The molecule has 0 radical (unpaired) electrons. The van der Waals surface area contributed by atoms with Gasteiger partial charge in [-0.05, 0) is 60.4 Å². The van der Waals surface area contributed by atoms with Gasteiger partial charge < -0.3 is 30.5 Å². The molecule has 3 aliphatic heterocycles.